The lowest BCUT2D eigenvalue weighted by atomic mass is 9.85. The molecule has 4 rings (SSSR count). The molecule has 1 aromatic carbocycles. The zero-order valence-corrected chi connectivity index (χ0v) is 21.6. The second-order valence-corrected chi connectivity index (χ2v) is 9.65. The number of rotatable bonds is 7. The molecule has 0 radical (unpaired) electrons. The quantitative estimate of drug-likeness (QED) is 0.315. The van der Waals surface area contributed by atoms with Gasteiger partial charge in [-0.1, -0.05) is 17.7 Å². The Labute approximate surface area is 216 Å². The number of piperidine rings is 1. The predicted molar refractivity (Wildman–Crippen MR) is 145 cm³/mol. The van der Waals surface area contributed by atoms with E-state index in [1.54, 1.807) is 19.2 Å². The lowest BCUT2D eigenvalue weighted by Crippen LogP contribution is -2.32. The fraction of sp³-hybridized carbons (Fsp3) is 0.346. The first kappa shape index (κ1) is 25.5. The fourth-order valence-corrected chi connectivity index (χ4v) is 4.62. The number of nitrogens with zero attached hydrogens (tertiary/aromatic N) is 6. The molecule has 1 fully saturated rings. The summed E-state index contributed by atoms with van der Waals surface area (Å²) in [4.78, 5) is 15.5. The number of aliphatic imine (C=N–C) groups is 1. The standard InChI is InChI=1S/C26H32ClN9/c1-16-11-23(33-26-30-14-22(27)25(35-26)34-24(29)12-18(3)28)17(2)10-21(16)20-5-8-36(9-6-20)15-19-4-7-31-32-13-19/h4,7,10-14,20H,5-6,8-9,15,28H2,1-3H3,(H3,29,30,33,34,35)/b18-12-. The first-order chi connectivity index (χ1) is 17.3. The number of halogens is 1. The Balaban J connectivity index is 1.45. The highest BCUT2D eigenvalue weighted by Gasteiger charge is 2.23. The van der Waals surface area contributed by atoms with Crippen LogP contribution in [0.2, 0.25) is 5.02 Å². The summed E-state index contributed by atoms with van der Waals surface area (Å²) in [7, 11) is 0. The number of amidine groups is 1. The van der Waals surface area contributed by atoms with Crippen molar-refractivity contribution in [3.05, 3.63) is 75.8 Å². The molecule has 0 bridgehead atoms. The van der Waals surface area contributed by atoms with Crippen molar-refractivity contribution in [2.24, 2.45) is 16.5 Å². The maximum Gasteiger partial charge on any atom is 0.229 e. The van der Waals surface area contributed by atoms with E-state index in [0.717, 1.165) is 43.7 Å². The summed E-state index contributed by atoms with van der Waals surface area (Å²) in [6.45, 7) is 9.04. The van der Waals surface area contributed by atoms with Crippen LogP contribution >= 0.6 is 11.6 Å². The Kier molecular flexibility index (Phi) is 8.12. The summed E-state index contributed by atoms with van der Waals surface area (Å²) in [6, 6.07) is 6.48. The van der Waals surface area contributed by atoms with Crippen molar-refractivity contribution >= 4 is 34.9 Å². The highest BCUT2D eigenvalue weighted by atomic mass is 35.5. The largest absolute Gasteiger partial charge is 0.402 e. The Bertz CT molecular complexity index is 1260. The molecule has 0 amide bonds. The second kappa shape index (κ2) is 11.5. The molecule has 9 nitrogen and oxygen atoms in total. The van der Waals surface area contributed by atoms with Crippen molar-refractivity contribution in [2.45, 2.75) is 46.1 Å². The zero-order valence-electron chi connectivity index (χ0n) is 20.9. The van der Waals surface area contributed by atoms with Gasteiger partial charge in [0.05, 0.1) is 12.4 Å². The second-order valence-electron chi connectivity index (χ2n) is 9.24. The predicted octanol–water partition coefficient (Wildman–Crippen LogP) is 4.51. The third-order valence-corrected chi connectivity index (χ3v) is 6.54. The van der Waals surface area contributed by atoms with E-state index in [4.69, 9.17) is 23.1 Å². The molecule has 0 aliphatic carbocycles. The summed E-state index contributed by atoms with van der Waals surface area (Å²) in [5.74, 6) is 1.44. The van der Waals surface area contributed by atoms with E-state index in [-0.39, 0.29) is 11.7 Å². The van der Waals surface area contributed by atoms with Gasteiger partial charge < -0.3 is 16.8 Å². The van der Waals surface area contributed by atoms with Gasteiger partial charge in [-0.2, -0.15) is 15.2 Å². The number of anilines is 2. The number of aryl methyl sites for hydroxylation is 2. The summed E-state index contributed by atoms with van der Waals surface area (Å²) >= 11 is 6.22. The average molecular weight is 506 g/mol. The number of benzene rings is 1. The van der Waals surface area contributed by atoms with Crippen LogP contribution in [-0.2, 0) is 6.54 Å². The number of hydrogen-bond donors (Lipinski definition) is 3. The summed E-state index contributed by atoms with van der Waals surface area (Å²) in [6.07, 6.45) is 8.92. The van der Waals surface area contributed by atoms with Crippen LogP contribution in [-0.4, -0.2) is 44.0 Å². The van der Waals surface area contributed by atoms with Crippen molar-refractivity contribution in [3.8, 4) is 0 Å². The van der Waals surface area contributed by atoms with E-state index in [0.29, 0.717) is 22.6 Å². The molecular weight excluding hydrogens is 474 g/mol. The Morgan fingerprint density at radius 2 is 1.94 bits per heavy atom. The average Bonchev–Trinajstić information content (AvgIpc) is 2.84. The Morgan fingerprint density at radius 3 is 2.64 bits per heavy atom. The van der Waals surface area contributed by atoms with Gasteiger partial charge in [-0.05, 0) is 93.1 Å². The van der Waals surface area contributed by atoms with Gasteiger partial charge >= 0.3 is 0 Å². The molecule has 2 aromatic heterocycles. The zero-order chi connectivity index (χ0) is 25.7. The van der Waals surface area contributed by atoms with Crippen LogP contribution in [0.1, 0.15) is 47.9 Å². The number of likely N-dealkylation sites (tertiary alicyclic amines) is 1. The molecule has 5 N–H and O–H groups in total. The number of allylic oxidation sites excluding steroid dienone is 1. The smallest absolute Gasteiger partial charge is 0.229 e. The van der Waals surface area contributed by atoms with Gasteiger partial charge in [-0.25, -0.2) is 9.98 Å². The molecule has 1 aliphatic rings. The fourth-order valence-electron chi connectivity index (χ4n) is 4.49. The topological polar surface area (TPSA) is 131 Å². The monoisotopic (exact) mass is 505 g/mol. The van der Waals surface area contributed by atoms with Crippen molar-refractivity contribution in [2.75, 3.05) is 18.4 Å². The van der Waals surface area contributed by atoms with Gasteiger partial charge in [0.2, 0.25) is 5.95 Å². The molecule has 10 heteroatoms. The number of nitrogens with one attached hydrogen (secondary N) is 1. The van der Waals surface area contributed by atoms with Crippen LogP contribution in [0.4, 0.5) is 17.5 Å². The van der Waals surface area contributed by atoms with Gasteiger partial charge in [0.1, 0.15) is 10.9 Å². The van der Waals surface area contributed by atoms with Crippen LogP contribution in [0.3, 0.4) is 0 Å². The molecule has 0 atom stereocenters. The van der Waals surface area contributed by atoms with Gasteiger partial charge in [-0.15, -0.1) is 0 Å². The van der Waals surface area contributed by atoms with Crippen LogP contribution in [0, 0.1) is 13.8 Å². The van der Waals surface area contributed by atoms with E-state index in [2.05, 4.69) is 61.4 Å². The summed E-state index contributed by atoms with van der Waals surface area (Å²) in [5.41, 5.74) is 18.1. The minimum atomic E-state index is 0.224. The third-order valence-electron chi connectivity index (χ3n) is 6.27. The molecule has 3 aromatic rings. The highest BCUT2D eigenvalue weighted by molar-refractivity contribution is 6.32. The van der Waals surface area contributed by atoms with Crippen molar-refractivity contribution in [1.82, 2.24) is 25.1 Å². The van der Waals surface area contributed by atoms with Gasteiger partial charge in [0.25, 0.3) is 0 Å². The van der Waals surface area contributed by atoms with E-state index < -0.39 is 0 Å². The molecular formula is C26H32ClN9. The van der Waals surface area contributed by atoms with E-state index >= 15 is 0 Å². The summed E-state index contributed by atoms with van der Waals surface area (Å²) < 4.78 is 0. The number of hydrogen-bond acceptors (Lipinski definition) is 8. The normalized spacial score (nSPS) is 15.8. The molecule has 188 valence electrons. The molecule has 0 spiro atoms. The Morgan fingerprint density at radius 1 is 1.17 bits per heavy atom. The first-order valence-electron chi connectivity index (χ1n) is 11.9. The van der Waals surface area contributed by atoms with E-state index in [1.807, 2.05) is 12.3 Å². The highest BCUT2D eigenvalue weighted by Crippen LogP contribution is 2.34. The molecule has 1 aliphatic heterocycles. The number of aromatic nitrogens is 4. The van der Waals surface area contributed by atoms with Gasteiger partial charge in [-0.3, -0.25) is 4.90 Å². The SMILES string of the molecule is C/C(N)=C/C(N)=Nc1nc(Nc2cc(C)c(C3CCN(Cc4ccnnc4)CC3)cc2C)ncc1Cl. The van der Waals surface area contributed by atoms with Crippen molar-refractivity contribution in [3.63, 3.8) is 0 Å². The van der Waals surface area contributed by atoms with Crippen LogP contribution in [0.5, 0.6) is 0 Å². The maximum absolute atomic E-state index is 6.22. The lowest BCUT2D eigenvalue weighted by molar-refractivity contribution is 0.204. The van der Waals surface area contributed by atoms with Crippen molar-refractivity contribution in [1.29, 1.82) is 0 Å². The Hall–Kier alpha value is -3.56. The third kappa shape index (κ3) is 6.56. The van der Waals surface area contributed by atoms with Crippen LogP contribution in [0.25, 0.3) is 0 Å². The maximum atomic E-state index is 6.22. The molecule has 0 saturated carbocycles. The van der Waals surface area contributed by atoms with Crippen LogP contribution in [0.15, 0.2) is 53.6 Å². The van der Waals surface area contributed by atoms with E-state index in [1.165, 1.54) is 22.9 Å². The van der Waals surface area contributed by atoms with Crippen LogP contribution < -0.4 is 16.8 Å². The summed E-state index contributed by atoms with van der Waals surface area (Å²) in [5, 5.41) is 11.5. The van der Waals surface area contributed by atoms with Crippen molar-refractivity contribution < 1.29 is 0 Å². The minimum absolute atomic E-state index is 0.224. The van der Waals surface area contributed by atoms with E-state index in [9.17, 15) is 0 Å². The lowest BCUT2D eigenvalue weighted by Gasteiger charge is -2.33. The molecule has 0 unspecified atom stereocenters. The molecule has 1 saturated heterocycles. The minimum Gasteiger partial charge on any atom is -0.402 e. The first-order valence-corrected chi connectivity index (χ1v) is 12.3. The number of nitrogens with two attached hydrogens (primary N) is 2. The molecule has 3 heterocycles. The molecule has 36 heavy (non-hydrogen) atoms. The van der Waals surface area contributed by atoms with Gasteiger partial charge in [0, 0.05) is 24.1 Å². The van der Waals surface area contributed by atoms with Gasteiger partial charge in [0.15, 0.2) is 5.82 Å².